The molecule has 1 aliphatic rings. The summed E-state index contributed by atoms with van der Waals surface area (Å²) in [6.07, 6.45) is 0. The van der Waals surface area contributed by atoms with Crippen molar-refractivity contribution in [3.63, 3.8) is 0 Å². The molecule has 0 amide bonds. The Balaban J connectivity index is 1.94. The molecular formula is C20H23N2OPS. The smallest absolute Gasteiger partial charge is 0.193 e. The minimum Gasteiger partial charge on any atom is -0.308 e. The van der Waals surface area contributed by atoms with Crippen molar-refractivity contribution in [3.8, 4) is 0 Å². The van der Waals surface area contributed by atoms with E-state index in [2.05, 4.69) is 34.3 Å². The zero-order valence-corrected chi connectivity index (χ0v) is 16.3. The maximum absolute atomic E-state index is 13.5. The Morgan fingerprint density at radius 1 is 0.880 bits per heavy atom. The molecule has 0 unspecified atom stereocenters. The summed E-state index contributed by atoms with van der Waals surface area (Å²) < 4.78 is 13.5. The molecular weight excluding hydrogens is 347 g/mol. The van der Waals surface area contributed by atoms with E-state index in [9.17, 15) is 4.57 Å². The third kappa shape index (κ3) is 4.96. The van der Waals surface area contributed by atoms with Gasteiger partial charge in [-0.2, -0.15) is 0 Å². The van der Waals surface area contributed by atoms with Gasteiger partial charge in [-0.05, 0) is 25.2 Å². The molecule has 0 saturated heterocycles. The van der Waals surface area contributed by atoms with E-state index in [1.54, 1.807) is 11.8 Å². The molecule has 0 radical (unpaired) electrons. The second-order valence-electron chi connectivity index (χ2n) is 6.24. The first kappa shape index (κ1) is 18.2. The Bertz CT molecular complexity index is 757. The maximum Gasteiger partial charge on any atom is 0.193 e. The molecule has 25 heavy (non-hydrogen) atoms. The lowest BCUT2D eigenvalue weighted by Gasteiger charge is -2.23. The standard InChI is InChI=1S/C20H23N2OPS/c1-22(2)14-13-21-24(23)15-19(17-9-5-3-6-10-17)25-20(16-24)18-11-7-4-8-12-18/h3-12,15-16H,13-14H2,1-2H3,(H,21,23). The van der Waals surface area contributed by atoms with Crippen molar-refractivity contribution < 1.29 is 4.57 Å². The molecule has 0 atom stereocenters. The molecule has 0 saturated carbocycles. The van der Waals surface area contributed by atoms with Gasteiger partial charge in [-0.25, -0.2) is 0 Å². The fourth-order valence-corrected chi connectivity index (χ4v) is 6.38. The number of nitrogens with zero attached hydrogens (tertiary/aromatic N) is 1. The van der Waals surface area contributed by atoms with Crippen molar-refractivity contribution in [3.05, 3.63) is 83.4 Å². The third-order valence-electron chi connectivity index (χ3n) is 3.87. The van der Waals surface area contributed by atoms with Crippen LogP contribution in [0.4, 0.5) is 0 Å². The molecule has 2 aromatic rings. The molecule has 3 rings (SSSR count). The molecule has 0 aliphatic carbocycles. The highest BCUT2D eigenvalue weighted by atomic mass is 32.2. The van der Waals surface area contributed by atoms with Crippen molar-refractivity contribution in [2.45, 2.75) is 0 Å². The first-order valence-corrected chi connectivity index (χ1v) is 11.0. The Kier molecular flexibility index (Phi) is 5.98. The highest BCUT2D eigenvalue weighted by Gasteiger charge is 2.25. The van der Waals surface area contributed by atoms with E-state index < -0.39 is 7.29 Å². The summed E-state index contributed by atoms with van der Waals surface area (Å²) in [5.41, 5.74) is 2.20. The summed E-state index contributed by atoms with van der Waals surface area (Å²) in [6, 6.07) is 20.3. The van der Waals surface area contributed by atoms with Gasteiger partial charge in [0, 0.05) is 34.5 Å². The van der Waals surface area contributed by atoms with E-state index in [4.69, 9.17) is 0 Å². The van der Waals surface area contributed by atoms with Crippen molar-refractivity contribution >= 4 is 28.9 Å². The van der Waals surface area contributed by atoms with E-state index in [-0.39, 0.29) is 0 Å². The fraction of sp³-hybridized carbons (Fsp3) is 0.200. The fourth-order valence-electron chi connectivity index (χ4n) is 2.57. The highest BCUT2D eigenvalue weighted by Crippen LogP contribution is 2.58. The number of hydrogen-bond donors (Lipinski definition) is 1. The molecule has 5 heteroatoms. The highest BCUT2D eigenvalue weighted by molar-refractivity contribution is 8.17. The van der Waals surface area contributed by atoms with Crippen molar-refractivity contribution in [2.24, 2.45) is 0 Å². The second kappa shape index (κ2) is 8.20. The van der Waals surface area contributed by atoms with Gasteiger partial charge in [0.05, 0.1) is 0 Å². The van der Waals surface area contributed by atoms with Crippen LogP contribution < -0.4 is 5.09 Å². The second-order valence-corrected chi connectivity index (χ2v) is 9.58. The predicted octanol–water partition coefficient (Wildman–Crippen LogP) is 5.16. The molecule has 0 bridgehead atoms. The first-order valence-electron chi connectivity index (χ1n) is 8.29. The molecule has 1 heterocycles. The summed E-state index contributed by atoms with van der Waals surface area (Å²) in [5, 5.41) is 3.28. The Morgan fingerprint density at radius 3 is 1.80 bits per heavy atom. The van der Waals surface area contributed by atoms with Gasteiger partial charge < -0.3 is 4.90 Å². The topological polar surface area (TPSA) is 32.3 Å². The van der Waals surface area contributed by atoms with Crippen LogP contribution in [0.15, 0.2) is 72.3 Å². The van der Waals surface area contributed by atoms with E-state index in [1.807, 2.05) is 62.1 Å². The zero-order chi connectivity index (χ0) is 17.7. The van der Waals surface area contributed by atoms with Crippen LogP contribution in [-0.4, -0.2) is 32.1 Å². The van der Waals surface area contributed by atoms with Crippen LogP contribution in [0.25, 0.3) is 9.81 Å². The SMILES string of the molecule is CN(C)CCNP1(=O)C=C(c2ccccc2)SC(c2ccccc2)=C1. The molecule has 0 spiro atoms. The van der Waals surface area contributed by atoms with Gasteiger partial charge in [0.1, 0.15) is 0 Å². The largest absolute Gasteiger partial charge is 0.308 e. The van der Waals surface area contributed by atoms with Gasteiger partial charge in [0.15, 0.2) is 7.29 Å². The van der Waals surface area contributed by atoms with Crippen LogP contribution in [0.2, 0.25) is 0 Å². The van der Waals surface area contributed by atoms with Crippen molar-refractivity contribution in [1.29, 1.82) is 0 Å². The van der Waals surface area contributed by atoms with Crippen LogP contribution in [0.3, 0.4) is 0 Å². The zero-order valence-electron chi connectivity index (χ0n) is 14.6. The predicted molar refractivity (Wildman–Crippen MR) is 111 cm³/mol. The molecule has 2 aromatic carbocycles. The molecule has 1 N–H and O–H groups in total. The monoisotopic (exact) mass is 370 g/mol. The lowest BCUT2D eigenvalue weighted by Crippen LogP contribution is -2.24. The summed E-state index contributed by atoms with van der Waals surface area (Å²) in [4.78, 5) is 4.17. The molecule has 130 valence electrons. The first-order chi connectivity index (χ1) is 12.1. The Hall–Kier alpha value is -1.58. The summed E-state index contributed by atoms with van der Waals surface area (Å²) in [7, 11) is 1.30. The van der Waals surface area contributed by atoms with Crippen LogP contribution in [0, 0.1) is 0 Å². The quantitative estimate of drug-likeness (QED) is 0.712. The summed E-state index contributed by atoms with van der Waals surface area (Å²) >= 11 is 1.68. The van der Waals surface area contributed by atoms with E-state index in [0.29, 0.717) is 6.54 Å². The number of thioether (sulfide) groups is 1. The molecule has 3 nitrogen and oxygen atoms in total. The van der Waals surface area contributed by atoms with Crippen molar-refractivity contribution in [2.75, 3.05) is 27.2 Å². The van der Waals surface area contributed by atoms with Gasteiger partial charge in [-0.3, -0.25) is 9.65 Å². The summed E-state index contributed by atoms with van der Waals surface area (Å²) in [5.74, 6) is 3.82. The maximum atomic E-state index is 13.5. The lowest BCUT2D eigenvalue weighted by molar-refractivity contribution is 0.413. The lowest BCUT2D eigenvalue weighted by atomic mass is 10.2. The molecule has 0 fully saturated rings. The van der Waals surface area contributed by atoms with E-state index in [0.717, 1.165) is 27.5 Å². The van der Waals surface area contributed by atoms with Gasteiger partial charge in [-0.15, -0.1) is 0 Å². The van der Waals surface area contributed by atoms with Crippen LogP contribution in [0.1, 0.15) is 11.1 Å². The molecule has 1 aliphatic heterocycles. The number of likely N-dealkylation sites (N-methyl/N-ethyl adjacent to an activating group) is 1. The average molecular weight is 370 g/mol. The van der Waals surface area contributed by atoms with Crippen molar-refractivity contribution in [1.82, 2.24) is 9.99 Å². The summed E-state index contributed by atoms with van der Waals surface area (Å²) in [6.45, 7) is 1.53. The normalized spacial score (nSPS) is 16.4. The average Bonchev–Trinajstić information content (AvgIpc) is 2.62. The Labute approximate surface area is 154 Å². The van der Waals surface area contributed by atoms with Crippen LogP contribution >= 0.6 is 19.1 Å². The van der Waals surface area contributed by atoms with E-state index >= 15 is 0 Å². The van der Waals surface area contributed by atoms with Gasteiger partial charge in [-0.1, -0.05) is 72.4 Å². The number of benzene rings is 2. The van der Waals surface area contributed by atoms with Crippen LogP contribution in [-0.2, 0) is 4.57 Å². The third-order valence-corrected chi connectivity index (χ3v) is 7.37. The van der Waals surface area contributed by atoms with Crippen LogP contribution in [0.5, 0.6) is 0 Å². The number of hydrogen-bond acceptors (Lipinski definition) is 3. The minimum atomic E-state index is -2.73. The van der Waals surface area contributed by atoms with Gasteiger partial charge in [0.2, 0.25) is 0 Å². The number of nitrogens with one attached hydrogen (secondary N) is 1. The van der Waals surface area contributed by atoms with Gasteiger partial charge >= 0.3 is 0 Å². The minimum absolute atomic E-state index is 0.687. The number of rotatable bonds is 6. The molecule has 0 aromatic heterocycles. The Morgan fingerprint density at radius 2 is 1.36 bits per heavy atom. The van der Waals surface area contributed by atoms with Gasteiger partial charge in [0.25, 0.3) is 0 Å². The van der Waals surface area contributed by atoms with E-state index in [1.165, 1.54) is 0 Å².